The molecule has 0 radical (unpaired) electrons. The highest BCUT2D eigenvalue weighted by atomic mass is 32.2. The summed E-state index contributed by atoms with van der Waals surface area (Å²) in [4.78, 5) is 27.6. The molecule has 1 N–H and O–H groups in total. The molecule has 8 nitrogen and oxygen atoms in total. The zero-order chi connectivity index (χ0) is 30.3. The summed E-state index contributed by atoms with van der Waals surface area (Å²) in [6.07, 6.45) is 0. The number of rotatable bonds is 11. The first kappa shape index (κ1) is 30.3. The van der Waals surface area contributed by atoms with Gasteiger partial charge in [0.15, 0.2) is 0 Å². The lowest BCUT2D eigenvalue weighted by atomic mass is 10.1. The molecule has 0 heterocycles. The maximum Gasteiger partial charge on any atom is 0.264 e. The van der Waals surface area contributed by atoms with Gasteiger partial charge in [-0.05, 0) is 68.4 Å². The van der Waals surface area contributed by atoms with Crippen molar-refractivity contribution in [1.82, 2.24) is 10.2 Å². The molecule has 0 bridgehead atoms. The molecule has 4 aromatic rings. The minimum atomic E-state index is -4.23. The van der Waals surface area contributed by atoms with Crippen LogP contribution in [0.1, 0.15) is 18.1 Å². The van der Waals surface area contributed by atoms with E-state index in [9.17, 15) is 22.4 Å². The quantitative estimate of drug-likeness (QED) is 0.257. The summed E-state index contributed by atoms with van der Waals surface area (Å²) in [7, 11) is -2.80. The fourth-order valence-electron chi connectivity index (χ4n) is 4.27. The van der Waals surface area contributed by atoms with Crippen molar-refractivity contribution in [2.75, 3.05) is 17.9 Å². The molecule has 10 heteroatoms. The van der Waals surface area contributed by atoms with E-state index >= 15 is 0 Å². The molecule has 0 aromatic heterocycles. The van der Waals surface area contributed by atoms with E-state index in [0.717, 1.165) is 9.87 Å². The van der Waals surface area contributed by atoms with Crippen LogP contribution in [0.15, 0.2) is 108 Å². The Bertz CT molecular complexity index is 1630. The van der Waals surface area contributed by atoms with Crippen LogP contribution in [-0.2, 0) is 26.2 Å². The first-order valence-electron chi connectivity index (χ1n) is 13.3. The normalized spacial score (nSPS) is 11.8. The van der Waals surface area contributed by atoms with Gasteiger partial charge in [-0.1, -0.05) is 54.1 Å². The molecule has 2 amide bonds. The lowest BCUT2D eigenvalue weighted by Gasteiger charge is -2.32. The molecule has 0 saturated carbocycles. The number of sulfonamides is 1. The number of para-hydroxylation sites is 1. The number of anilines is 1. The highest BCUT2D eigenvalue weighted by Gasteiger charge is 2.32. The number of carbonyl (C=O) groups excluding carboxylic acids is 2. The van der Waals surface area contributed by atoms with E-state index < -0.39 is 40.2 Å². The molecule has 1 atom stereocenters. The molecule has 4 aromatic carbocycles. The predicted octanol–water partition coefficient (Wildman–Crippen LogP) is 5.29. The van der Waals surface area contributed by atoms with E-state index in [1.54, 1.807) is 54.6 Å². The van der Waals surface area contributed by atoms with E-state index in [1.807, 2.05) is 25.1 Å². The van der Waals surface area contributed by atoms with Crippen molar-refractivity contribution in [3.05, 3.63) is 120 Å². The maximum absolute atomic E-state index is 14.6. The average molecular weight is 590 g/mol. The Balaban J connectivity index is 1.71. The highest BCUT2D eigenvalue weighted by Crippen LogP contribution is 2.29. The number of likely N-dealkylation sites (N-methyl/N-ethyl adjacent to an activating group) is 1. The van der Waals surface area contributed by atoms with E-state index in [-0.39, 0.29) is 22.7 Å². The Morgan fingerprint density at radius 2 is 1.45 bits per heavy atom. The first-order chi connectivity index (χ1) is 20.1. The van der Waals surface area contributed by atoms with Crippen LogP contribution in [0.4, 0.5) is 10.1 Å². The zero-order valence-corrected chi connectivity index (χ0v) is 24.3. The minimum Gasteiger partial charge on any atom is -0.457 e. The van der Waals surface area contributed by atoms with Crippen LogP contribution in [0.25, 0.3) is 0 Å². The first-order valence-corrected chi connectivity index (χ1v) is 14.7. The predicted molar refractivity (Wildman–Crippen MR) is 159 cm³/mol. The number of nitrogens with zero attached hydrogens (tertiary/aromatic N) is 2. The third kappa shape index (κ3) is 7.13. The topological polar surface area (TPSA) is 96.0 Å². The van der Waals surface area contributed by atoms with Crippen LogP contribution in [-0.4, -0.2) is 44.8 Å². The maximum atomic E-state index is 14.6. The van der Waals surface area contributed by atoms with Gasteiger partial charge < -0.3 is 15.0 Å². The number of benzene rings is 4. The lowest BCUT2D eigenvalue weighted by Crippen LogP contribution is -2.50. The summed E-state index contributed by atoms with van der Waals surface area (Å²) in [6.45, 7) is 2.48. The van der Waals surface area contributed by atoms with Gasteiger partial charge in [0.1, 0.15) is 29.9 Å². The van der Waals surface area contributed by atoms with Crippen molar-refractivity contribution >= 4 is 27.5 Å². The zero-order valence-electron chi connectivity index (χ0n) is 23.5. The monoisotopic (exact) mass is 589 g/mol. The number of ether oxygens (including phenoxy) is 1. The van der Waals surface area contributed by atoms with Crippen LogP contribution >= 0.6 is 0 Å². The van der Waals surface area contributed by atoms with Crippen molar-refractivity contribution in [2.24, 2.45) is 0 Å². The Kier molecular flexibility index (Phi) is 9.59. The van der Waals surface area contributed by atoms with Gasteiger partial charge in [-0.15, -0.1) is 0 Å². The van der Waals surface area contributed by atoms with Crippen molar-refractivity contribution in [2.45, 2.75) is 31.3 Å². The van der Waals surface area contributed by atoms with E-state index in [0.29, 0.717) is 11.5 Å². The van der Waals surface area contributed by atoms with Gasteiger partial charge in [0, 0.05) is 19.2 Å². The number of carbonyl (C=O) groups is 2. The smallest absolute Gasteiger partial charge is 0.264 e. The summed E-state index contributed by atoms with van der Waals surface area (Å²) < 4.78 is 49.3. The fraction of sp³-hybridized carbons (Fsp3) is 0.188. The number of hydrogen-bond acceptors (Lipinski definition) is 5. The summed E-state index contributed by atoms with van der Waals surface area (Å²) in [5.74, 6) is -0.628. The number of amides is 2. The average Bonchev–Trinajstić information content (AvgIpc) is 2.99. The summed E-state index contributed by atoms with van der Waals surface area (Å²) in [6, 6.07) is 26.6. The highest BCUT2D eigenvalue weighted by molar-refractivity contribution is 7.92. The van der Waals surface area contributed by atoms with Crippen molar-refractivity contribution < 1.29 is 27.1 Å². The molecule has 0 aliphatic heterocycles. The Labute approximate surface area is 245 Å². The van der Waals surface area contributed by atoms with Crippen LogP contribution in [0.5, 0.6) is 11.5 Å². The lowest BCUT2D eigenvalue weighted by molar-refractivity contribution is -0.139. The van der Waals surface area contributed by atoms with Crippen LogP contribution < -0.4 is 14.4 Å². The van der Waals surface area contributed by atoms with Gasteiger partial charge >= 0.3 is 0 Å². The van der Waals surface area contributed by atoms with Gasteiger partial charge in [0.2, 0.25) is 11.8 Å². The molecule has 218 valence electrons. The molecule has 0 saturated heterocycles. The number of aryl methyl sites for hydroxylation is 1. The van der Waals surface area contributed by atoms with Crippen LogP contribution in [0.2, 0.25) is 0 Å². The summed E-state index contributed by atoms with van der Waals surface area (Å²) in [5, 5.41) is 2.50. The number of hydrogen-bond donors (Lipinski definition) is 1. The Morgan fingerprint density at radius 3 is 2.07 bits per heavy atom. The third-order valence-electron chi connectivity index (χ3n) is 6.70. The molecule has 0 fully saturated rings. The van der Waals surface area contributed by atoms with E-state index in [4.69, 9.17) is 4.74 Å². The largest absolute Gasteiger partial charge is 0.457 e. The molecule has 0 aliphatic rings. The second-order valence-corrected chi connectivity index (χ2v) is 11.5. The van der Waals surface area contributed by atoms with Gasteiger partial charge in [-0.25, -0.2) is 12.8 Å². The van der Waals surface area contributed by atoms with Crippen LogP contribution in [0.3, 0.4) is 0 Å². The van der Waals surface area contributed by atoms with Gasteiger partial charge in [0.25, 0.3) is 10.0 Å². The summed E-state index contributed by atoms with van der Waals surface area (Å²) in [5.41, 5.74) is 1.27. The number of nitrogens with one attached hydrogen (secondary N) is 1. The molecular formula is C32H32FN3O5S. The Morgan fingerprint density at radius 1 is 0.857 bits per heavy atom. The minimum absolute atomic E-state index is 0.00878. The van der Waals surface area contributed by atoms with E-state index in [1.165, 1.54) is 49.2 Å². The second kappa shape index (κ2) is 13.3. The molecule has 0 spiro atoms. The molecular weight excluding hydrogens is 557 g/mol. The molecule has 0 unspecified atom stereocenters. The van der Waals surface area contributed by atoms with Crippen molar-refractivity contribution in [1.29, 1.82) is 0 Å². The third-order valence-corrected chi connectivity index (χ3v) is 8.49. The van der Waals surface area contributed by atoms with Gasteiger partial charge in [-0.3, -0.25) is 13.9 Å². The second-order valence-electron chi connectivity index (χ2n) is 9.64. The molecule has 4 rings (SSSR count). The van der Waals surface area contributed by atoms with Crippen LogP contribution in [0, 0.1) is 12.7 Å². The standard InChI is InChI=1S/C32H32FN3O5S/c1-23-13-19-29(20-14-23)42(39,40)36(26-15-17-28(18-16-26)41-27-10-5-4-6-11-27)22-31(37)35(24(2)32(38)34-3)21-25-9-7-8-12-30(25)33/h4-20,24H,21-22H2,1-3H3,(H,34,38)/t24-/m0/s1. The number of halogens is 1. The van der Waals surface area contributed by atoms with Crippen molar-refractivity contribution in [3.8, 4) is 11.5 Å². The molecule has 0 aliphatic carbocycles. The molecule has 42 heavy (non-hydrogen) atoms. The Hall–Kier alpha value is -4.70. The summed E-state index contributed by atoms with van der Waals surface area (Å²) >= 11 is 0. The van der Waals surface area contributed by atoms with Crippen molar-refractivity contribution in [3.63, 3.8) is 0 Å². The fourth-order valence-corrected chi connectivity index (χ4v) is 5.69. The SMILES string of the molecule is CNC(=O)[C@H](C)N(Cc1ccccc1F)C(=O)CN(c1ccc(Oc2ccccc2)cc1)S(=O)(=O)c1ccc(C)cc1. The van der Waals surface area contributed by atoms with Gasteiger partial charge in [0.05, 0.1) is 10.6 Å². The van der Waals surface area contributed by atoms with E-state index in [2.05, 4.69) is 5.32 Å². The van der Waals surface area contributed by atoms with Gasteiger partial charge in [-0.2, -0.15) is 0 Å².